The predicted octanol–water partition coefficient (Wildman–Crippen LogP) is 1.20. The van der Waals surface area contributed by atoms with Crippen molar-refractivity contribution < 1.29 is 0 Å². The van der Waals surface area contributed by atoms with Gasteiger partial charge in [0, 0.05) is 6.54 Å². The van der Waals surface area contributed by atoms with Gasteiger partial charge in [-0.05, 0) is 26.3 Å². The molecule has 0 spiro atoms. The van der Waals surface area contributed by atoms with Crippen LogP contribution in [0.5, 0.6) is 0 Å². The van der Waals surface area contributed by atoms with Crippen LogP contribution in [0.2, 0.25) is 0 Å². The van der Waals surface area contributed by atoms with Gasteiger partial charge in [0.2, 0.25) is 0 Å². The van der Waals surface area contributed by atoms with Crippen molar-refractivity contribution in [3.8, 4) is 0 Å². The van der Waals surface area contributed by atoms with Gasteiger partial charge in [0.1, 0.15) is 11.6 Å². The monoisotopic (exact) mass is 192 g/mol. The van der Waals surface area contributed by atoms with Crippen LogP contribution in [0, 0.1) is 6.92 Å². The van der Waals surface area contributed by atoms with Crippen LogP contribution < -0.4 is 5.32 Å². The molecule has 4 nitrogen and oxygen atoms in total. The predicted molar refractivity (Wildman–Crippen MR) is 54.9 cm³/mol. The van der Waals surface area contributed by atoms with Gasteiger partial charge in [0.15, 0.2) is 0 Å². The molecule has 1 aromatic heterocycles. The molecule has 2 rings (SSSR count). The average Bonchev–Trinajstić information content (AvgIpc) is 2.77. The summed E-state index contributed by atoms with van der Waals surface area (Å²) in [6.07, 6.45) is 4.27. The number of hydrogen-bond acceptors (Lipinski definition) is 3. The van der Waals surface area contributed by atoms with Crippen LogP contribution >= 0.6 is 0 Å². The van der Waals surface area contributed by atoms with Crippen LogP contribution in [0.1, 0.15) is 30.5 Å². The maximum Gasteiger partial charge on any atom is 0.150 e. The second-order valence-electron chi connectivity index (χ2n) is 3.65. The molecule has 1 unspecified atom stereocenters. The molecular formula is C10H16N4. The van der Waals surface area contributed by atoms with Crippen LogP contribution in [0.3, 0.4) is 0 Å². The number of allylic oxidation sites excluding steroid dienone is 1. The summed E-state index contributed by atoms with van der Waals surface area (Å²) >= 11 is 0. The van der Waals surface area contributed by atoms with E-state index < -0.39 is 0 Å². The minimum Gasteiger partial charge on any atom is -0.310 e. The smallest absolute Gasteiger partial charge is 0.150 e. The molecule has 1 aliphatic heterocycles. The molecule has 1 atom stereocenters. The molecular weight excluding hydrogens is 176 g/mol. The highest BCUT2D eigenvalue weighted by Gasteiger charge is 2.22. The summed E-state index contributed by atoms with van der Waals surface area (Å²) in [5.41, 5.74) is 0. The van der Waals surface area contributed by atoms with Gasteiger partial charge in [-0.25, -0.2) is 0 Å². The summed E-state index contributed by atoms with van der Waals surface area (Å²) in [6.45, 7) is 7.61. The second kappa shape index (κ2) is 3.92. The summed E-state index contributed by atoms with van der Waals surface area (Å²) in [6, 6.07) is 0.385. The van der Waals surface area contributed by atoms with Crippen LogP contribution in [0.4, 0.5) is 0 Å². The molecule has 14 heavy (non-hydrogen) atoms. The van der Waals surface area contributed by atoms with Gasteiger partial charge in [0.05, 0.1) is 6.04 Å². The van der Waals surface area contributed by atoms with Crippen molar-refractivity contribution >= 4 is 0 Å². The van der Waals surface area contributed by atoms with Crippen LogP contribution in [-0.2, 0) is 6.54 Å². The van der Waals surface area contributed by atoms with Crippen LogP contribution in [-0.4, -0.2) is 21.3 Å². The van der Waals surface area contributed by atoms with Crippen molar-refractivity contribution in [2.75, 3.05) is 6.54 Å². The molecule has 1 saturated heterocycles. The number of hydrogen-bond donors (Lipinski definition) is 1. The molecule has 4 heteroatoms. The first-order chi connectivity index (χ1) is 6.83. The van der Waals surface area contributed by atoms with Gasteiger partial charge in [0.25, 0.3) is 0 Å². The number of aryl methyl sites for hydroxylation is 1. The Kier molecular flexibility index (Phi) is 2.63. The fourth-order valence-electron chi connectivity index (χ4n) is 1.91. The van der Waals surface area contributed by atoms with E-state index in [4.69, 9.17) is 0 Å². The molecule has 2 heterocycles. The Hall–Kier alpha value is -1.16. The van der Waals surface area contributed by atoms with Gasteiger partial charge in [-0.15, -0.1) is 16.8 Å². The lowest BCUT2D eigenvalue weighted by molar-refractivity contribution is 0.563. The van der Waals surface area contributed by atoms with Gasteiger partial charge in [-0.3, -0.25) is 0 Å². The van der Waals surface area contributed by atoms with Crippen LogP contribution in [0.25, 0.3) is 0 Å². The molecule has 1 fully saturated rings. The van der Waals surface area contributed by atoms with E-state index >= 15 is 0 Å². The lowest BCUT2D eigenvalue weighted by Gasteiger charge is -2.11. The highest BCUT2D eigenvalue weighted by atomic mass is 15.3. The average molecular weight is 192 g/mol. The third kappa shape index (κ3) is 1.57. The third-order valence-corrected chi connectivity index (χ3v) is 2.65. The molecule has 1 aliphatic rings. The first kappa shape index (κ1) is 9.40. The van der Waals surface area contributed by atoms with Gasteiger partial charge >= 0.3 is 0 Å². The zero-order chi connectivity index (χ0) is 9.97. The zero-order valence-electron chi connectivity index (χ0n) is 8.53. The largest absolute Gasteiger partial charge is 0.310 e. The van der Waals surface area contributed by atoms with E-state index in [-0.39, 0.29) is 0 Å². The lowest BCUT2D eigenvalue weighted by atomic mass is 10.2. The lowest BCUT2D eigenvalue weighted by Crippen LogP contribution is -2.18. The summed E-state index contributed by atoms with van der Waals surface area (Å²) in [7, 11) is 0. The highest BCUT2D eigenvalue weighted by molar-refractivity contribution is 5.03. The maximum atomic E-state index is 4.22. The van der Waals surface area contributed by atoms with E-state index in [1.165, 1.54) is 6.42 Å². The minimum atomic E-state index is 0.385. The van der Waals surface area contributed by atoms with Crippen LogP contribution in [0.15, 0.2) is 12.7 Å². The normalized spacial score (nSPS) is 21.4. The standard InChI is InChI=1S/C10H16N4/c1-3-7-14-8(2)12-13-10(14)9-5-4-6-11-9/h3,9,11H,1,4-7H2,2H3. The Morgan fingerprint density at radius 3 is 3.14 bits per heavy atom. The van der Waals surface area contributed by atoms with Gasteiger partial charge < -0.3 is 9.88 Å². The molecule has 76 valence electrons. The summed E-state index contributed by atoms with van der Waals surface area (Å²) in [4.78, 5) is 0. The number of nitrogens with one attached hydrogen (secondary N) is 1. The van der Waals surface area contributed by atoms with E-state index in [1.54, 1.807) is 0 Å². The van der Waals surface area contributed by atoms with E-state index in [2.05, 4.69) is 26.7 Å². The van der Waals surface area contributed by atoms with Crippen molar-refractivity contribution in [1.29, 1.82) is 0 Å². The van der Waals surface area contributed by atoms with Gasteiger partial charge in [-0.2, -0.15) is 0 Å². The van der Waals surface area contributed by atoms with E-state index in [0.717, 1.165) is 31.2 Å². The number of nitrogens with zero attached hydrogens (tertiary/aromatic N) is 3. The molecule has 0 aliphatic carbocycles. The minimum absolute atomic E-state index is 0.385. The van der Waals surface area contributed by atoms with Crippen molar-refractivity contribution in [3.05, 3.63) is 24.3 Å². The second-order valence-corrected chi connectivity index (χ2v) is 3.65. The Bertz CT molecular complexity index is 323. The molecule has 1 aromatic rings. The quantitative estimate of drug-likeness (QED) is 0.732. The molecule has 0 aromatic carbocycles. The SMILES string of the molecule is C=CCn1c(C)nnc1C1CCCN1. The van der Waals surface area contributed by atoms with Gasteiger partial charge in [-0.1, -0.05) is 6.08 Å². The van der Waals surface area contributed by atoms with E-state index in [9.17, 15) is 0 Å². The van der Waals surface area contributed by atoms with E-state index in [1.807, 2.05) is 13.0 Å². The third-order valence-electron chi connectivity index (χ3n) is 2.65. The Morgan fingerprint density at radius 1 is 1.64 bits per heavy atom. The summed E-state index contributed by atoms with van der Waals surface area (Å²) in [5.74, 6) is 2.02. The first-order valence-corrected chi connectivity index (χ1v) is 5.07. The number of aromatic nitrogens is 3. The first-order valence-electron chi connectivity index (χ1n) is 5.07. The Balaban J connectivity index is 2.26. The molecule has 0 amide bonds. The molecule has 1 N–H and O–H groups in total. The maximum absolute atomic E-state index is 4.22. The fraction of sp³-hybridized carbons (Fsp3) is 0.600. The van der Waals surface area contributed by atoms with E-state index in [0.29, 0.717) is 6.04 Å². The Morgan fingerprint density at radius 2 is 2.50 bits per heavy atom. The van der Waals surface area contributed by atoms with Crippen molar-refractivity contribution in [3.63, 3.8) is 0 Å². The highest BCUT2D eigenvalue weighted by Crippen LogP contribution is 2.21. The fourth-order valence-corrected chi connectivity index (χ4v) is 1.91. The molecule has 0 saturated carbocycles. The van der Waals surface area contributed by atoms with Crippen molar-refractivity contribution in [2.45, 2.75) is 32.4 Å². The topological polar surface area (TPSA) is 42.7 Å². The number of rotatable bonds is 3. The Labute approximate surface area is 84.0 Å². The summed E-state index contributed by atoms with van der Waals surface area (Å²) in [5, 5.41) is 11.8. The molecule has 0 radical (unpaired) electrons. The van der Waals surface area contributed by atoms with Crippen molar-refractivity contribution in [1.82, 2.24) is 20.1 Å². The zero-order valence-corrected chi connectivity index (χ0v) is 8.53. The van der Waals surface area contributed by atoms with Crippen molar-refractivity contribution in [2.24, 2.45) is 0 Å². The molecule has 0 bridgehead atoms. The summed E-state index contributed by atoms with van der Waals surface area (Å²) < 4.78 is 2.12.